The van der Waals surface area contributed by atoms with Crippen LogP contribution in [0.4, 0.5) is 0 Å². The summed E-state index contributed by atoms with van der Waals surface area (Å²) in [5.41, 5.74) is 1.10. The van der Waals surface area contributed by atoms with Crippen molar-refractivity contribution in [2.45, 2.75) is 19.3 Å². The third-order valence-electron chi connectivity index (χ3n) is 3.24. The normalized spacial score (nSPS) is 10.3. The van der Waals surface area contributed by atoms with E-state index in [1.807, 2.05) is 35.7 Å². The van der Waals surface area contributed by atoms with E-state index in [4.69, 9.17) is 11.6 Å². The molecule has 1 aromatic heterocycles. The van der Waals surface area contributed by atoms with Gasteiger partial charge >= 0.3 is 0 Å². The molecule has 0 bridgehead atoms. The summed E-state index contributed by atoms with van der Waals surface area (Å²) in [6.07, 6.45) is 1.78. The molecular formula is C17H19ClN2O2S. The summed E-state index contributed by atoms with van der Waals surface area (Å²) in [6.45, 7) is 1.08. The largest absolute Gasteiger partial charge is 0.356 e. The standard InChI is InChI=1S/C17H19ClN2O2S/c18-14-5-1-4-13(12-14)8-10-19-16(21)7-2-9-20-17(22)15-6-3-11-23-15/h1,3-6,11-12H,2,7-10H2,(H,19,21)(H,20,22). The molecule has 0 saturated carbocycles. The first-order chi connectivity index (χ1) is 11.1. The van der Waals surface area contributed by atoms with Crippen LogP contribution < -0.4 is 10.6 Å². The van der Waals surface area contributed by atoms with Gasteiger partial charge in [0, 0.05) is 24.5 Å². The van der Waals surface area contributed by atoms with Gasteiger partial charge in [-0.25, -0.2) is 0 Å². The van der Waals surface area contributed by atoms with E-state index in [0.29, 0.717) is 35.8 Å². The van der Waals surface area contributed by atoms with Gasteiger partial charge in [-0.3, -0.25) is 9.59 Å². The van der Waals surface area contributed by atoms with E-state index in [9.17, 15) is 9.59 Å². The van der Waals surface area contributed by atoms with Crippen molar-refractivity contribution >= 4 is 34.8 Å². The van der Waals surface area contributed by atoms with Crippen molar-refractivity contribution in [2.24, 2.45) is 0 Å². The Bertz CT molecular complexity index is 644. The Balaban J connectivity index is 1.56. The summed E-state index contributed by atoms with van der Waals surface area (Å²) in [5.74, 6) is -0.0845. The SMILES string of the molecule is O=C(CCCNC(=O)c1cccs1)NCCc1cccc(Cl)c1. The van der Waals surface area contributed by atoms with Crippen LogP contribution >= 0.6 is 22.9 Å². The molecule has 2 N–H and O–H groups in total. The summed E-state index contributed by atoms with van der Waals surface area (Å²) in [6, 6.07) is 11.2. The molecule has 0 fully saturated rings. The zero-order chi connectivity index (χ0) is 16.5. The first kappa shape index (κ1) is 17.5. The van der Waals surface area contributed by atoms with Crippen LogP contribution in [0.2, 0.25) is 5.02 Å². The number of rotatable bonds is 8. The van der Waals surface area contributed by atoms with Crippen LogP contribution in [0.3, 0.4) is 0 Å². The Morgan fingerprint density at radius 3 is 2.70 bits per heavy atom. The molecule has 0 atom stereocenters. The zero-order valence-corrected chi connectivity index (χ0v) is 14.3. The molecule has 122 valence electrons. The number of halogens is 1. The van der Waals surface area contributed by atoms with Crippen LogP contribution in [-0.2, 0) is 11.2 Å². The van der Waals surface area contributed by atoms with Gasteiger partial charge in [0.25, 0.3) is 5.91 Å². The number of hydrogen-bond donors (Lipinski definition) is 2. The molecule has 0 aliphatic rings. The van der Waals surface area contributed by atoms with Crippen molar-refractivity contribution < 1.29 is 9.59 Å². The predicted molar refractivity (Wildman–Crippen MR) is 94.1 cm³/mol. The predicted octanol–water partition coefficient (Wildman–Crippen LogP) is 3.27. The Morgan fingerprint density at radius 2 is 1.96 bits per heavy atom. The third kappa shape index (κ3) is 6.42. The molecule has 0 radical (unpaired) electrons. The lowest BCUT2D eigenvalue weighted by Crippen LogP contribution is -2.28. The van der Waals surface area contributed by atoms with Gasteiger partial charge in [0.2, 0.25) is 5.91 Å². The highest BCUT2D eigenvalue weighted by Crippen LogP contribution is 2.10. The first-order valence-electron chi connectivity index (χ1n) is 7.48. The fourth-order valence-electron chi connectivity index (χ4n) is 2.07. The lowest BCUT2D eigenvalue weighted by Gasteiger charge is -2.06. The topological polar surface area (TPSA) is 58.2 Å². The maximum Gasteiger partial charge on any atom is 0.261 e. The van der Waals surface area contributed by atoms with E-state index in [1.54, 1.807) is 6.07 Å². The Hall–Kier alpha value is -1.85. The summed E-state index contributed by atoms with van der Waals surface area (Å²) in [4.78, 5) is 24.1. The van der Waals surface area contributed by atoms with Gasteiger partial charge in [-0.1, -0.05) is 29.8 Å². The minimum atomic E-state index is -0.0821. The molecular weight excluding hydrogens is 332 g/mol. The number of thiophene rings is 1. The van der Waals surface area contributed by atoms with E-state index in [2.05, 4.69) is 10.6 Å². The van der Waals surface area contributed by atoms with Crippen molar-refractivity contribution in [3.05, 3.63) is 57.2 Å². The van der Waals surface area contributed by atoms with Gasteiger partial charge in [0.15, 0.2) is 0 Å². The Labute approximate surface area is 144 Å². The lowest BCUT2D eigenvalue weighted by molar-refractivity contribution is -0.121. The van der Waals surface area contributed by atoms with Gasteiger partial charge in [-0.2, -0.15) is 0 Å². The Kier molecular flexibility index (Phi) is 7.10. The van der Waals surface area contributed by atoms with Crippen LogP contribution in [-0.4, -0.2) is 24.9 Å². The van der Waals surface area contributed by atoms with Gasteiger partial charge in [-0.05, 0) is 42.0 Å². The van der Waals surface area contributed by atoms with Crippen molar-refractivity contribution in [1.82, 2.24) is 10.6 Å². The van der Waals surface area contributed by atoms with E-state index in [-0.39, 0.29) is 11.8 Å². The molecule has 0 spiro atoms. The van der Waals surface area contributed by atoms with Gasteiger partial charge in [-0.15, -0.1) is 11.3 Å². The van der Waals surface area contributed by atoms with E-state index in [1.165, 1.54) is 11.3 Å². The molecule has 2 amide bonds. The summed E-state index contributed by atoms with van der Waals surface area (Å²) in [5, 5.41) is 8.25. The van der Waals surface area contributed by atoms with Crippen LogP contribution in [0.5, 0.6) is 0 Å². The molecule has 1 heterocycles. The van der Waals surface area contributed by atoms with Crippen LogP contribution in [0, 0.1) is 0 Å². The number of carbonyl (C=O) groups excluding carboxylic acids is 2. The first-order valence-corrected chi connectivity index (χ1v) is 8.74. The van der Waals surface area contributed by atoms with Crippen LogP contribution in [0.25, 0.3) is 0 Å². The molecule has 6 heteroatoms. The molecule has 1 aromatic carbocycles. The van der Waals surface area contributed by atoms with Gasteiger partial charge in [0.05, 0.1) is 4.88 Å². The maximum atomic E-state index is 11.7. The molecule has 4 nitrogen and oxygen atoms in total. The molecule has 0 aliphatic carbocycles. The lowest BCUT2D eigenvalue weighted by atomic mass is 10.1. The van der Waals surface area contributed by atoms with Crippen LogP contribution in [0.15, 0.2) is 41.8 Å². The van der Waals surface area contributed by atoms with Crippen molar-refractivity contribution in [1.29, 1.82) is 0 Å². The molecule has 0 unspecified atom stereocenters. The van der Waals surface area contributed by atoms with Crippen molar-refractivity contribution in [3.8, 4) is 0 Å². The highest BCUT2D eigenvalue weighted by Gasteiger charge is 2.06. The monoisotopic (exact) mass is 350 g/mol. The van der Waals surface area contributed by atoms with E-state index >= 15 is 0 Å². The molecule has 23 heavy (non-hydrogen) atoms. The minimum Gasteiger partial charge on any atom is -0.356 e. The number of amides is 2. The van der Waals surface area contributed by atoms with Gasteiger partial charge < -0.3 is 10.6 Å². The second kappa shape index (κ2) is 9.33. The highest BCUT2D eigenvalue weighted by atomic mass is 35.5. The second-order valence-corrected chi connectivity index (χ2v) is 6.45. The summed E-state index contributed by atoms with van der Waals surface area (Å²) < 4.78 is 0. The highest BCUT2D eigenvalue weighted by molar-refractivity contribution is 7.12. The van der Waals surface area contributed by atoms with Crippen LogP contribution in [0.1, 0.15) is 28.1 Å². The van der Waals surface area contributed by atoms with E-state index in [0.717, 1.165) is 12.0 Å². The third-order valence-corrected chi connectivity index (χ3v) is 4.34. The van der Waals surface area contributed by atoms with Gasteiger partial charge in [0.1, 0.15) is 0 Å². The van der Waals surface area contributed by atoms with Crippen molar-refractivity contribution in [2.75, 3.05) is 13.1 Å². The van der Waals surface area contributed by atoms with Crippen molar-refractivity contribution in [3.63, 3.8) is 0 Å². The maximum absolute atomic E-state index is 11.7. The second-order valence-electron chi connectivity index (χ2n) is 5.07. The zero-order valence-electron chi connectivity index (χ0n) is 12.7. The Morgan fingerprint density at radius 1 is 1.09 bits per heavy atom. The van der Waals surface area contributed by atoms with E-state index < -0.39 is 0 Å². The average Bonchev–Trinajstić information content (AvgIpc) is 3.06. The number of carbonyl (C=O) groups is 2. The summed E-state index contributed by atoms with van der Waals surface area (Å²) in [7, 11) is 0. The number of hydrogen-bond acceptors (Lipinski definition) is 3. The molecule has 0 saturated heterocycles. The number of nitrogens with one attached hydrogen (secondary N) is 2. The molecule has 2 aromatic rings. The molecule has 0 aliphatic heterocycles. The number of benzene rings is 1. The summed E-state index contributed by atoms with van der Waals surface area (Å²) >= 11 is 7.32. The average molecular weight is 351 g/mol. The molecule has 2 rings (SSSR count). The quantitative estimate of drug-likeness (QED) is 0.718. The fourth-order valence-corrected chi connectivity index (χ4v) is 2.93. The smallest absolute Gasteiger partial charge is 0.261 e. The minimum absolute atomic E-state index is 0.00241. The fraction of sp³-hybridized carbons (Fsp3) is 0.294.